The van der Waals surface area contributed by atoms with Crippen molar-refractivity contribution in [3.05, 3.63) is 0 Å². The molecule has 2 rings (SSSR count). The zero-order valence-electron chi connectivity index (χ0n) is 12.3. The van der Waals surface area contributed by atoms with Crippen LogP contribution in [-0.4, -0.2) is 37.7 Å². The predicted molar refractivity (Wildman–Crippen MR) is 76.0 cm³/mol. The van der Waals surface area contributed by atoms with Gasteiger partial charge in [-0.2, -0.15) is 0 Å². The highest BCUT2D eigenvalue weighted by molar-refractivity contribution is 5.85. The first kappa shape index (κ1) is 14.8. The molecule has 4 nitrogen and oxygen atoms in total. The number of hydrogen-bond acceptors (Lipinski definition) is 3. The second kappa shape index (κ2) is 6.71. The lowest BCUT2D eigenvalue weighted by Crippen LogP contribution is -2.56. The van der Waals surface area contributed by atoms with Gasteiger partial charge in [0.2, 0.25) is 0 Å². The van der Waals surface area contributed by atoms with Gasteiger partial charge in [-0.1, -0.05) is 19.8 Å². The third kappa shape index (κ3) is 3.69. The molecule has 0 bridgehead atoms. The fraction of sp³-hybridized carbons (Fsp3) is 0.933. The summed E-state index contributed by atoms with van der Waals surface area (Å²) in [4.78, 5) is 12.5. The monoisotopic (exact) mass is 268 g/mol. The number of hydrogen-bond donors (Lipinski definition) is 2. The third-order valence-electron chi connectivity index (χ3n) is 4.81. The molecule has 0 radical (unpaired) electrons. The maximum atomic E-state index is 12.5. The van der Waals surface area contributed by atoms with Gasteiger partial charge in [0.1, 0.15) is 5.60 Å². The number of carbonyl (C=O) groups is 1. The minimum absolute atomic E-state index is 0.107. The number of nitrogens with one attached hydrogen (secondary N) is 2. The van der Waals surface area contributed by atoms with E-state index in [4.69, 9.17) is 4.74 Å². The summed E-state index contributed by atoms with van der Waals surface area (Å²) < 4.78 is 5.58. The average molecular weight is 268 g/mol. The summed E-state index contributed by atoms with van der Waals surface area (Å²) in [6, 6.07) is 0.347. The standard InChI is InChI=1S/C15H28N2O2/c1-12-4-3-5-13(7-6-12)17-14(18)15(19-2)8-10-16-11-9-15/h12-13,16H,3-11H2,1-2H3,(H,17,18). The number of methoxy groups -OCH3 is 1. The SMILES string of the molecule is COC1(C(=O)NC2CCCC(C)CC2)CCNCC1. The number of carbonyl (C=O) groups excluding carboxylic acids is 1. The number of rotatable bonds is 3. The van der Waals surface area contributed by atoms with Gasteiger partial charge in [-0.3, -0.25) is 4.79 Å². The first-order valence-electron chi connectivity index (χ1n) is 7.73. The Kier molecular flexibility index (Phi) is 5.22. The van der Waals surface area contributed by atoms with Gasteiger partial charge in [-0.25, -0.2) is 0 Å². The Morgan fingerprint density at radius 3 is 2.63 bits per heavy atom. The molecule has 1 aliphatic heterocycles. The Balaban J connectivity index is 1.91. The highest BCUT2D eigenvalue weighted by Gasteiger charge is 2.40. The Bertz CT molecular complexity index is 301. The van der Waals surface area contributed by atoms with Gasteiger partial charge >= 0.3 is 0 Å². The molecule has 1 amide bonds. The Morgan fingerprint density at radius 2 is 1.95 bits per heavy atom. The van der Waals surface area contributed by atoms with E-state index in [1.807, 2.05) is 0 Å². The first-order valence-corrected chi connectivity index (χ1v) is 7.73. The summed E-state index contributed by atoms with van der Waals surface area (Å²) in [5, 5.41) is 6.54. The molecule has 2 fully saturated rings. The minimum atomic E-state index is -0.594. The molecule has 0 aromatic heterocycles. The predicted octanol–water partition coefficient (Wildman–Crippen LogP) is 1.84. The van der Waals surface area contributed by atoms with Crippen molar-refractivity contribution >= 4 is 5.91 Å². The van der Waals surface area contributed by atoms with Crippen LogP contribution in [0.15, 0.2) is 0 Å². The summed E-state index contributed by atoms with van der Waals surface area (Å²) >= 11 is 0. The van der Waals surface area contributed by atoms with Crippen molar-refractivity contribution in [2.45, 2.75) is 63.5 Å². The van der Waals surface area contributed by atoms with E-state index in [9.17, 15) is 4.79 Å². The molecule has 19 heavy (non-hydrogen) atoms. The van der Waals surface area contributed by atoms with Crippen LogP contribution in [0.25, 0.3) is 0 Å². The number of ether oxygens (including phenoxy) is 1. The smallest absolute Gasteiger partial charge is 0.252 e. The van der Waals surface area contributed by atoms with Gasteiger partial charge < -0.3 is 15.4 Å². The molecule has 110 valence electrons. The molecule has 4 heteroatoms. The molecule has 0 spiro atoms. The lowest BCUT2D eigenvalue weighted by molar-refractivity contribution is -0.147. The van der Waals surface area contributed by atoms with Crippen LogP contribution < -0.4 is 10.6 Å². The second-order valence-corrected chi connectivity index (χ2v) is 6.23. The van der Waals surface area contributed by atoms with Crippen LogP contribution in [-0.2, 0) is 9.53 Å². The summed E-state index contributed by atoms with van der Waals surface area (Å²) in [5.74, 6) is 0.910. The highest BCUT2D eigenvalue weighted by atomic mass is 16.5. The Hall–Kier alpha value is -0.610. The quantitative estimate of drug-likeness (QED) is 0.768. The van der Waals surface area contributed by atoms with Gasteiger partial charge in [0.05, 0.1) is 0 Å². The van der Waals surface area contributed by atoms with Crippen LogP contribution in [0.5, 0.6) is 0 Å². The molecule has 2 unspecified atom stereocenters. The van der Waals surface area contributed by atoms with E-state index in [1.54, 1.807) is 7.11 Å². The fourth-order valence-electron chi connectivity index (χ4n) is 3.30. The van der Waals surface area contributed by atoms with Crippen molar-refractivity contribution < 1.29 is 9.53 Å². The number of amides is 1. The normalized spacial score (nSPS) is 31.5. The Morgan fingerprint density at radius 1 is 1.21 bits per heavy atom. The van der Waals surface area contributed by atoms with Gasteiger partial charge in [0.25, 0.3) is 5.91 Å². The van der Waals surface area contributed by atoms with E-state index < -0.39 is 5.60 Å². The molecule has 2 atom stereocenters. The molecule has 1 aliphatic carbocycles. The molecule has 2 N–H and O–H groups in total. The summed E-state index contributed by atoms with van der Waals surface area (Å²) in [6.45, 7) is 4.04. The molecule has 0 aromatic rings. The van der Waals surface area contributed by atoms with Crippen molar-refractivity contribution in [1.82, 2.24) is 10.6 Å². The lowest BCUT2D eigenvalue weighted by atomic mass is 9.90. The highest BCUT2D eigenvalue weighted by Crippen LogP contribution is 2.26. The van der Waals surface area contributed by atoms with E-state index in [0.29, 0.717) is 6.04 Å². The van der Waals surface area contributed by atoms with Crippen molar-refractivity contribution in [3.63, 3.8) is 0 Å². The second-order valence-electron chi connectivity index (χ2n) is 6.23. The molecular formula is C15H28N2O2. The lowest BCUT2D eigenvalue weighted by Gasteiger charge is -2.36. The average Bonchev–Trinajstić information content (AvgIpc) is 2.64. The van der Waals surface area contributed by atoms with Crippen molar-refractivity contribution in [2.75, 3.05) is 20.2 Å². The fourth-order valence-corrected chi connectivity index (χ4v) is 3.30. The largest absolute Gasteiger partial charge is 0.368 e. The minimum Gasteiger partial charge on any atom is -0.368 e. The maximum absolute atomic E-state index is 12.5. The van der Waals surface area contributed by atoms with Crippen molar-refractivity contribution in [1.29, 1.82) is 0 Å². The van der Waals surface area contributed by atoms with Crippen LogP contribution in [0.2, 0.25) is 0 Å². The topological polar surface area (TPSA) is 50.4 Å². The van der Waals surface area contributed by atoms with E-state index in [2.05, 4.69) is 17.6 Å². The van der Waals surface area contributed by atoms with Crippen molar-refractivity contribution in [2.24, 2.45) is 5.92 Å². The van der Waals surface area contributed by atoms with Crippen LogP contribution in [0.1, 0.15) is 51.9 Å². The van der Waals surface area contributed by atoms with E-state index in [1.165, 1.54) is 19.3 Å². The summed E-state index contributed by atoms with van der Waals surface area (Å²) in [5.41, 5.74) is -0.594. The molecular weight excluding hydrogens is 240 g/mol. The van der Waals surface area contributed by atoms with Gasteiger partial charge in [-0.15, -0.1) is 0 Å². The zero-order chi connectivity index (χ0) is 13.7. The number of piperidine rings is 1. The van der Waals surface area contributed by atoms with Crippen LogP contribution in [0.3, 0.4) is 0 Å². The molecule has 1 heterocycles. The maximum Gasteiger partial charge on any atom is 0.252 e. The van der Waals surface area contributed by atoms with Crippen LogP contribution in [0.4, 0.5) is 0 Å². The van der Waals surface area contributed by atoms with Crippen molar-refractivity contribution in [3.8, 4) is 0 Å². The summed E-state index contributed by atoms with van der Waals surface area (Å²) in [6.07, 6.45) is 7.54. The third-order valence-corrected chi connectivity index (χ3v) is 4.81. The zero-order valence-corrected chi connectivity index (χ0v) is 12.3. The first-order chi connectivity index (χ1) is 9.16. The van der Waals surface area contributed by atoms with Crippen LogP contribution >= 0.6 is 0 Å². The van der Waals surface area contributed by atoms with Gasteiger partial charge in [-0.05, 0) is 51.1 Å². The van der Waals surface area contributed by atoms with E-state index >= 15 is 0 Å². The molecule has 1 saturated heterocycles. The van der Waals surface area contributed by atoms with Gasteiger partial charge in [0.15, 0.2) is 0 Å². The summed E-state index contributed by atoms with van der Waals surface area (Å²) in [7, 11) is 1.67. The van der Waals surface area contributed by atoms with E-state index in [0.717, 1.165) is 44.7 Å². The van der Waals surface area contributed by atoms with Gasteiger partial charge in [0, 0.05) is 13.2 Å². The molecule has 2 aliphatic rings. The molecule has 0 aromatic carbocycles. The Labute approximate surface area is 116 Å². The van der Waals surface area contributed by atoms with Crippen LogP contribution in [0, 0.1) is 5.92 Å². The molecule has 1 saturated carbocycles. The van der Waals surface area contributed by atoms with E-state index in [-0.39, 0.29) is 5.91 Å².